The Morgan fingerprint density at radius 2 is 2.00 bits per heavy atom. The molecule has 0 spiro atoms. The average molecular weight is 351 g/mol. The van der Waals surface area contributed by atoms with Crippen molar-refractivity contribution >= 4 is 16.9 Å². The molecule has 4 nitrogen and oxygen atoms in total. The third-order valence-corrected chi connectivity index (χ3v) is 4.19. The third kappa shape index (κ3) is 3.40. The average Bonchev–Trinajstić information content (AvgIpc) is 2.98. The summed E-state index contributed by atoms with van der Waals surface area (Å²) in [5.41, 5.74) is 2.12. The maximum absolute atomic E-state index is 13.1. The van der Waals surface area contributed by atoms with Crippen LogP contribution in [0.4, 0.5) is 4.39 Å². The Hall–Kier alpha value is -3.26. The number of terminal acetylenes is 1. The van der Waals surface area contributed by atoms with Crippen molar-refractivity contribution in [3.8, 4) is 18.1 Å². The molecule has 0 bridgehead atoms. The summed E-state index contributed by atoms with van der Waals surface area (Å²) in [7, 11) is 1.58. The van der Waals surface area contributed by atoms with Crippen LogP contribution >= 0.6 is 0 Å². The minimum absolute atomic E-state index is 0.121. The molecule has 0 saturated carbocycles. The number of fused-ring (bicyclic) bond motifs is 1. The predicted octanol–water partition coefficient (Wildman–Crippen LogP) is 4.16. The van der Waals surface area contributed by atoms with E-state index in [4.69, 9.17) is 15.6 Å². The van der Waals surface area contributed by atoms with Crippen molar-refractivity contribution in [3.05, 3.63) is 65.2 Å². The number of rotatable bonds is 5. The van der Waals surface area contributed by atoms with E-state index in [1.54, 1.807) is 31.4 Å². The van der Waals surface area contributed by atoms with Gasteiger partial charge in [0.25, 0.3) is 5.91 Å². The maximum Gasteiger partial charge on any atom is 0.290 e. The summed E-state index contributed by atoms with van der Waals surface area (Å²) >= 11 is 0. The number of methoxy groups -OCH3 is 1. The zero-order valence-corrected chi connectivity index (χ0v) is 14.6. The topological polar surface area (TPSA) is 42.7 Å². The smallest absolute Gasteiger partial charge is 0.290 e. The first-order valence-corrected chi connectivity index (χ1v) is 8.07. The Balaban J connectivity index is 1.94. The van der Waals surface area contributed by atoms with Crippen molar-refractivity contribution in [2.24, 2.45) is 0 Å². The SMILES string of the molecule is C#CCN(Cc1ccc(F)cc1)C(=O)c1oc2ccc(OC)cc2c1C. The summed E-state index contributed by atoms with van der Waals surface area (Å²) in [5, 5.41) is 0.815. The third-order valence-electron chi connectivity index (χ3n) is 4.19. The van der Waals surface area contributed by atoms with Crippen molar-refractivity contribution in [2.75, 3.05) is 13.7 Å². The van der Waals surface area contributed by atoms with Crippen LogP contribution in [0.25, 0.3) is 11.0 Å². The molecule has 3 aromatic rings. The molecule has 3 rings (SSSR count). The number of amides is 1. The van der Waals surface area contributed by atoms with Crippen LogP contribution in [0.2, 0.25) is 0 Å². The number of ether oxygens (including phenoxy) is 1. The van der Waals surface area contributed by atoms with E-state index in [9.17, 15) is 9.18 Å². The zero-order chi connectivity index (χ0) is 18.7. The van der Waals surface area contributed by atoms with E-state index in [1.807, 2.05) is 13.0 Å². The number of carbonyl (C=O) groups is 1. The lowest BCUT2D eigenvalue weighted by Gasteiger charge is -2.19. The molecule has 0 radical (unpaired) electrons. The van der Waals surface area contributed by atoms with Crippen LogP contribution in [0.1, 0.15) is 21.7 Å². The molecule has 0 aliphatic heterocycles. The summed E-state index contributed by atoms with van der Waals surface area (Å²) in [4.78, 5) is 14.5. The summed E-state index contributed by atoms with van der Waals surface area (Å²) in [5.74, 6) is 2.79. The number of nitrogens with zero attached hydrogens (tertiary/aromatic N) is 1. The number of furan rings is 1. The Kier molecular flexibility index (Phi) is 4.94. The molecule has 26 heavy (non-hydrogen) atoms. The van der Waals surface area contributed by atoms with E-state index < -0.39 is 0 Å². The van der Waals surface area contributed by atoms with Crippen LogP contribution in [0.15, 0.2) is 46.9 Å². The predicted molar refractivity (Wildman–Crippen MR) is 97.5 cm³/mol. The normalized spacial score (nSPS) is 10.5. The van der Waals surface area contributed by atoms with Gasteiger partial charge in [0.1, 0.15) is 17.1 Å². The molecule has 0 N–H and O–H groups in total. The van der Waals surface area contributed by atoms with Gasteiger partial charge < -0.3 is 14.1 Å². The molecule has 0 fully saturated rings. The molecule has 0 atom stereocenters. The quantitative estimate of drug-likeness (QED) is 0.648. The number of halogens is 1. The van der Waals surface area contributed by atoms with Crippen molar-refractivity contribution in [2.45, 2.75) is 13.5 Å². The van der Waals surface area contributed by atoms with Crippen LogP contribution in [0.3, 0.4) is 0 Å². The summed E-state index contributed by atoms with van der Waals surface area (Å²) in [6, 6.07) is 11.3. The van der Waals surface area contributed by atoms with Crippen LogP contribution in [0, 0.1) is 25.1 Å². The van der Waals surface area contributed by atoms with Gasteiger partial charge in [0.05, 0.1) is 13.7 Å². The fourth-order valence-corrected chi connectivity index (χ4v) is 2.79. The molecular weight excluding hydrogens is 333 g/mol. The van der Waals surface area contributed by atoms with Crippen molar-refractivity contribution < 1.29 is 18.3 Å². The van der Waals surface area contributed by atoms with Crippen molar-refractivity contribution in [1.82, 2.24) is 4.90 Å². The maximum atomic E-state index is 13.1. The van der Waals surface area contributed by atoms with Gasteiger partial charge in [-0.15, -0.1) is 6.42 Å². The lowest BCUT2D eigenvalue weighted by atomic mass is 10.1. The fraction of sp³-hybridized carbons (Fsp3) is 0.190. The van der Waals surface area contributed by atoms with E-state index in [0.717, 1.165) is 16.5 Å². The van der Waals surface area contributed by atoms with Crippen LogP contribution in [-0.2, 0) is 6.54 Å². The highest BCUT2D eigenvalue weighted by Gasteiger charge is 2.23. The number of hydrogen-bond donors (Lipinski definition) is 0. The molecule has 2 aromatic carbocycles. The summed E-state index contributed by atoms with van der Waals surface area (Å²) < 4.78 is 24.1. The lowest BCUT2D eigenvalue weighted by Crippen LogP contribution is -2.31. The molecule has 0 aliphatic rings. The van der Waals surface area contributed by atoms with E-state index in [0.29, 0.717) is 11.3 Å². The second kappa shape index (κ2) is 7.32. The minimum atomic E-state index is -0.328. The summed E-state index contributed by atoms with van der Waals surface area (Å²) in [6.07, 6.45) is 5.42. The van der Waals surface area contributed by atoms with E-state index in [2.05, 4.69) is 5.92 Å². The van der Waals surface area contributed by atoms with Gasteiger partial charge in [-0.2, -0.15) is 0 Å². The Morgan fingerprint density at radius 1 is 1.27 bits per heavy atom. The molecular formula is C21H18FNO3. The number of hydrogen-bond acceptors (Lipinski definition) is 3. The molecule has 0 aliphatic carbocycles. The Bertz CT molecular complexity index is 983. The minimum Gasteiger partial charge on any atom is -0.497 e. The lowest BCUT2D eigenvalue weighted by molar-refractivity contribution is 0.0735. The second-order valence-corrected chi connectivity index (χ2v) is 5.91. The fourth-order valence-electron chi connectivity index (χ4n) is 2.79. The van der Waals surface area contributed by atoms with Gasteiger partial charge in [-0.25, -0.2) is 4.39 Å². The van der Waals surface area contributed by atoms with Crippen LogP contribution in [0.5, 0.6) is 5.75 Å². The van der Waals surface area contributed by atoms with Crippen molar-refractivity contribution in [3.63, 3.8) is 0 Å². The van der Waals surface area contributed by atoms with E-state index >= 15 is 0 Å². The van der Waals surface area contributed by atoms with Crippen molar-refractivity contribution in [1.29, 1.82) is 0 Å². The Morgan fingerprint density at radius 3 is 2.65 bits per heavy atom. The molecule has 1 amide bonds. The van der Waals surface area contributed by atoms with E-state index in [1.165, 1.54) is 17.0 Å². The van der Waals surface area contributed by atoms with Gasteiger partial charge in [0, 0.05) is 17.5 Å². The first kappa shape index (κ1) is 17.6. The highest BCUT2D eigenvalue weighted by molar-refractivity contribution is 5.99. The number of benzene rings is 2. The number of carbonyl (C=O) groups excluding carboxylic acids is 1. The highest BCUT2D eigenvalue weighted by Crippen LogP contribution is 2.29. The van der Waals surface area contributed by atoms with Gasteiger partial charge in [-0.05, 0) is 42.8 Å². The Labute approximate surface area is 151 Å². The first-order chi connectivity index (χ1) is 12.5. The van der Waals surface area contributed by atoms with Gasteiger partial charge in [-0.3, -0.25) is 4.79 Å². The largest absolute Gasteiger partial charge is 0.497 e. The van der Waals surface area contributed by atoms with Gasteiger partial charge in [0.2, 0.25) is 0 Å². The number of aryl methyl sites for hydroxylation is 1. The van der Waals surface area contributed by atoms with Gasteiger partial charge in [-0.1, -0.05) is 18.1 Å². The zero-order valence-electron chi connectivity index (χ0n) is 14.6. The first-order valence-electron chi connectivity index (χ1n) is 8.07. The molecule has 5 heteroatoms. The molecule has 1 heterocycles. The second-order valence-electron chi connectivity index (χ2n) is 5.91. The van der Waals surface area contributed by atoms with Gasteiger partial charge >= 0.3 is 0 Å². The van der Waals surface area contributed by atoms with Crippen LogP contribution in [-0.4, -0.2) is 24.5 Å². The molecule has 1 aromatic heterocycles. The molecule has 0 saturated heterocycles. The highest BCUT2D eigenvalue weighted by atomic mass is 19.1. The monoisotopic (exact) mass is 351 g/mol. The molecule has 132 valence electrons. The van der Waals surface area contributed by atoms with Gasteiger partial charge in [0.15, 0.2) is 5.76 Å². The van der Waals surface area contributed by atoms with E-state index in [-0.39, 0.29) is 30.6 Å². The standard InChI is InChI=1S/C21H18FNO3/c1-4-11-23(13-15-5-7-16(22)8-6-15)21(24)20-14(2)18-12-17(25-3)9-10-19(18)26-20/h1,5-10,12H,11,13H2,2-3H3. The molecule has 0 unspecified atom stereocenters. The van der Waals surface area contributed by atoms with Crippen LogP contribution < -0.4 is 4.74 Å². The summed E-state index contributed by atoms with van der Waals surface area (Å²) in [6.45, 7) is 2.21.